The SMILES string of the molecule is CS(=O)(=O)N(CC(O)CO)c1ccc(Nc2ncc3cnn(Cc4cccc(O)c4)c3n2)cn1. The molecule has 0 radical (unpaired) electrons. The molecule has 1 unspecified atom stereocenters. The third kappa shape index (κ3) is 5.39. The van der Waals surface area contributed by atoms with Crippen molar-refractivity contribution >= 4 is 38.5 Å². The highest BCUT2D eigenvalue weighted by Gasteiger charge is 2.22. The van der Waals surface area contributed by atoms with Gasteiger partial charge in [-0.1, -0.05) is 12.1 Å². The molecule has 13 heteroatoms. The van der Waals surface area contributed by atoms with Crippen LogP contribution in [0.3, 0.4) is 0 Å². The van der Waals surface area contributed by atoms with Gasteiger partial charge in [0.25, 0.3) is 0 Å². The molecule has 34 heavy (non-hydrogen) atoms. The van der Waals surface area contributed by atoms with Gasteiger partial charge in [0.2, 0.25) is 16.0 Å². The van der Waals surface area contributed by atoms with E-state index in [1.807, 2.05) is 6.07 Å². The number of nitrogens with one attached hydrogen (secondary N) is 1. The Balaban J connectivity index is 1.54. The number of aromatic nitrogens is 5. The Kier molecular flexibility index (Phi) is 6.58. The Morgan fingerprint density at radius 3 is 2.65 bits per heavy atom. The molecule has 0 amide bonds. The molecule has 0 aliphatic rings. The van der Waals surface area contributed by atoms with Crippen molar-refractivity contribution < 1.29 is 23.7 Å². The largest absolute Gasteiger partial charge is 0.508 e. The van der Waals surface area contributed by atoms with Gasteiger partial charge in [-0.25, -0.2) is 23.1 Å². The van der Waals surface area contributed by atoms with Gasteiger partial charge in [0.1, 0.15) is 11.6 Å². The van der Waals surface area contributed by atoms with E-state index in [0.29, 0.717) is 17.9 Å². The average molecular weight is 486 g/mol. The number of benzene rings is 1. The topological polar surface area (TPSA) is 167 Å². The molecule has 0 saturated heterocycles. The van der Waals surface area contributed by atoms with Gasteiger partial charge in [0, 0.05) is 6.20 Å². The van der Waals surface area contributed by atoms with Crippen molar-refractivity contribution in [3.63, 3.8) is 0 Å². The van der Waals surface area contributed by atoms with Crippen LogP contribution in [0.4, 0.5) is 17.5 Å². The minimum atomic E-state index is -3.72. The van der Waals surface area contributed by atoms with Gasteiger partial charge in [-0.3, -0.25) is 4.31 Å². The number of anilines is 3. The van der Waals surface area contributed by atoms with E-state index < -0.39 is 22.7 Å². The van der Waals surface area contributed by atoms with E-state index >= 15 is 0 Å². The molecule has 4 N–H and O–H groups in total. The highest BCUT2D eigenvalue weighted by atomic mass is 32.2. The lowest BCUT2D eigenvalue weighted by Gasteiger charge is -2.23. The lowest BCUT2D eigenvalue weighted by Crippen LogP contribution is -2.38. The highest BCUT2D eigenvalue weighted by molar-refractivity contribution is 7.92. The molecule has 4 aromatic rings. The second kappa shape index (κ2) is 9.59. The predicted octanol–water partition coefficient (Wildman–Crippen LogP) is 0.838. The minimum absolute atomic E-state index is 0.0983. The smallest absolute Gasteiger partial charge is 0.233 e. The van der Waals surface area contributed by atoms with E-state index in [-0.39, 0.29) is 24.1 Å². The number of hydrogen-bond donors (Lipinski definition) is 4. The van der Waals surface area contributed by atoms with Gasteiger partial charge < -0.3 is 20.6 Å². The van der Waals surface area contributed by atoms with Crippen LogP contribution in [0.15, 0.2) is 55.0 Å². The fourth-order valence-corrected chi connectivity index (χ4v) is 4.15. The van der Waals surface area contributed by atoms with Crippen LogP contribution >= 0.6 is 0 Å². The second-order valence-electron chi connectivity index (χ2n) is 7.61. The summed E-state index contributed by atoms with van der Waals surface area (Å²) in [6.45, 7) is -0.489. The van der Waals surface area contributed by atoms with Gasteiger partial charge in [-0.05, 0) is 29.8 Å². The predicted molar refractivity (Wildman–Crippen MR) is 125 cm³/mol. The summed E-state index contributed by atoms with van der Waals surface area (Å²) in [4.78, 5) is 12.9. The molecular weight excluding hydrogens is 462 g/mol. The molecule has 1 aromatic carbocycles. The molecule has 0 spiro atoms. The van der Waals surface area contributed by atoms with E-state index in [1.54, 1.807) is 41.3 Å². The zero-order chi connectivity index (χ0) is 24.3. The fourth-order valence-electron chi connectivity index (χ4n) is 3.25. The van der Waals surface area contributed by atoms with Crippen molar-refractivity contribution in [3.05, 3.63) is 60.6 Å². The second-order valence-corrected chi connectivity index (χ2v) is 9.51. The van der Waals surface area contributed by atoms with Crippen LogP contribution in [0.25, 0.3) is 11.0 Å². The maximum atomic E-state index is 12.1. The van der Waals surface area contributed by atoms with Gasteiger partial charge in [0.05, 0.1) is 55.5 Å². The van der Waals surface area contributed by atoms with Crippen LogP contribution in [0.1, 0.15) is 5.56 Å². The zero-order valence-electron chi connectivity index (χ0n) is 18.1. The van der Waals surface area contributed by atoms with Crippen molar-refractivity contribution in [1.29, 1.82) is 0 Å². The van der Waals surface area contributed by atoms with E-state index in [1.165, 1.54) is 12.3 Å². The number of aliphatic hydroxyl groups excluding tert-OH is 2. The number of pyridine rings is 1. The number of aromatic hydroxyl groups is 1. The fraction of sp³-hybridized carbons (Fsp3) is 0.238. The van der Waals surface area contributed by atoms with Crippen LogP contribution in [0.2, 0.25) is 0 Å². The quantitative estimate of drug-likeness (QED) is 0.267. The lowest BCUT2D eigenvalue weighted by atomic mass is 10.2. The van der Waals surface area contributed by atoms with Crippen molar-refractivity contribution in [1.82, 2.24) is 24.7 Å². The number of hydrogen-bond acceptors (Lipinski definition) is 10. The number of phenolic OH excluding ortho intramolecular Hbond substituents is 1. The van der Waals surface area contributed by atoms with Crippen molar-refractivity contribution in [2.75, 3.05) is 29.0 Å². The van der Waals surface area contributed by atoms with Gasteiger partial charge >= 0.3 is 0 Å². The summed E-state index contributed by atoms with van der Waals surface area (Å²) >= 11 is 0. The van der Waals surface area contributed by atoms with E-state index in [0.717, 1.165) is 21.5 Å². The molecule has 12 nitrogen and oxygen atoms in total. The number of nitrogens with zero attached hydrogens (tertiary/aromatic N) is 6. The number of aliphatic hydroxyl groups is 2. The summed E-state index contributed by atoms with van der Waals surface area (Å²) in [7, 11) is -3.72. The summed E-state index contributed by atoms with van der Waals surface area (Å²) in [6.07, 6.45) is 4.45. The number of rotatable bonds is 9. The Hall–Kier alpha value is -3.81. The Morgan fingerprint density at radius 1 is 1.15 bits per heavy atom. The monoisotopic (exact) mass is 485 g/mol. The van der Waals surface area contributed by atoms with E-state index in [9.17, 15) is 18.6 Å². The Labute approximate surface area is 195 Å². The average Bonchev–Trinajstić information content (AvgIpc) is 3.19. The first-order valence-electron chi connectivity index (χ1n) is 10.2. The summed E-state index contributed by atoms with van der Waals surface area (Å²) in [5.74, 6) is 0.554. The lowest BCUT2D eigenvalue weighted by molar-refractivity contribution is 0.102. The molecule has 3 aromatic heterocycles. The maximum Gasteiger partial charge on any atom is 0.233 e. The molecule has 178 valence electrons. The van der Waals surface area contributed by atoms with E-state index in [4.69, 9.17) is 5.11 Å². The van der Waals surface area contributed by atoms with Crippen LogP contribution in [0.5, 0.6) is 5.75 Å². The van der Waals surface area contributed by atoms with Gasteiger partial charge in [-0.15, -0.1) is 0 Å². The van der Waals surface area contributed by atoms with Crippen molar-refractivity contribution in [3.8, 4) is 5.75 Å². The third-order valence-electron chi connectivity index (χ3n) is 4.87. The highest BCUT2D eigenvalue weighted by Crippen LogP contribution is 2.21. The first-order chi connectivity index (χ1) is 16.2. The summed E-state index contributed by atoms with van der Waals surface area (Å²) in [6, 6.07) is 9.95. The van der Waals surface area contributed by atoms with Gasteiger partial charge in [-0.2, -0.15) is 10.1 Å². The summed E-state index contributed by atoms with van der Waals surface area (Å²) in [5.41, 5.74) is 1.96. The molecular formula is C21H23N7O5S. The minimum Gasteiger partial charge on any atom is -0.508 e. The molecule has 0 bridgehead atoms. The normalized spacial score (nSPS) is 12.6. The number of sulfonamides is 1. The van der Waals surface area contributed by atoms with Crippen LogP contribution in [-0.2, 0) is 16.6 Å². The maximum absolute atomic E-state index is 12.1. The summed E-state index contributed by atoms with van der Waals surface area (Å²) in [5, 5.41) is 36.5. The molecule has 4 rings (SSSR count). The summed E-state index contributed by atoms with van der Waals surface area (Å²) < 4.78 is 26.8. The van der Waals surface area contributed by atoms with Crippen LogP contribution in [0, 0.1) is 0 Å². The van der Waals surface area contributed by atoms with Crippen LogP contribution in [-0.4, -0.2) is 74.0 Å². The Bertz CT molecular complexity index is 1390. The Morgan fingerprint density at radius 2 is 1.97 bits per heavy atom. The van der Waals surface area contributed by atoms with Crippen LogP contribution < -0.4 is 9.62 Å². The zero-order valence-corrected chi connectivity index (χ0v) is 19.0. The van der Waals surface area contributed by atoms with Crippen molar-refractivity contribution in [2.45, 2.75) is 12.6 Å². The number of fused-ring (bicyclic) bond motifs is 1. The first-order valence-corrected chi connectivity index (χ1v) is 12.0. The number of phenols is 1. The molecule has 0 fully saturated rings. The molecule has 0 aliphatic heterocycles. The van der Waals surface area contributed by atoms with Gasteiger partial charge in [0.15, 0.2) is 5.65 Å². The standard InChI is InChI=1S/C21H23N7O5S/c1-34(32,33)28(12-18(31)13-29)19-6-5-16(10-22-19)25-21-23-8-15-9-24-27(20(15)26-21)11-14-3-2-4-17(30)7-14/h2-10,18,29-31H,11-13H2,1H3,(H,23,25,26). The third-order valence-corrected chi connectivity index (χ3v) is 6.00. The van der Waals surface area contributed by atoms with Crippen molar-refractivity contribution in [2.24, 2.45) is 0 Å². The molecule has 1 atom stereocenters. The van der Waals surface area contributed by atoms with E-state index in [2.05, 4.69) is 25.4 Å². The molecule has 0 aliphatic carbocycles. The first kappa shape index (κ1) is 23.4. The molecule has 3 heterocycles. The molecule has 0 saturated carbocycles.